The van der Waals surface area contributed by atoms with Crippen LogP contribution in [-0.4, -0.2) is 17.6 Å². The van der Waals surface area contributed by atoms with E-state index < -0.39 is 0 Å². The van der Waals surface area contributed by atoms with Crippen LogP contribution in [0, 0.1) is 0 Å². The fraction of sp³-hybridized carbons (Fsp3) is 0.520. The number of carbonyl (C=O) groups is 1. The first-order chi connectivity index (χ1) is 13.7. The second-order valence-corrected chi connectivity index (χ2v) is 8.30. The Bertz CT molecular complexity index is 819. The molecule has 1 saturated carbocycles. The van der Waals surface area contributed by atoms with Crippen LogP contribution in [0.1, 0.15) is 85.0 Å². The summed E-state index contributed by atoms with van der Waals surface area (Å²) in [7, 11) is 0. The van der Waals surface area contributed by atoms with Crippen LogP contribution in [0.15, 0.2) is 30.3 Å². The minimum Gasteiger partial charge on any atom is -0.466 e. The number of pyridine rings is 1. The van der Waals surface area contributed by atoms with E-state index in [4.69, 9.17) is 9.72 Å². The van der Waals surface area contributed by atoms with Crippen LogP contribution >= 0.6 is 0 Å². The van der Waals surface area contributed by atoms with Gasteiger partial charge in [0.05, 0.1) is 13.0 Å². The summed E-state index contributed by atoms with van der Waals surface area (Å²) in [6, 6.07) is 10.9. The van der Waals surface area contributed by atoms with E-state index in [0.29, 0.717) is 18.9 Å². The van der Waals surface area contributed by atoms with E-state index in [-0.39, 0.29) is 5.97 Å². The van der Waals surface area contributed by atoms with Crippen LogP contribution < -0.4 is 0 Å². The molecule has 2 aliphatic rings. The molecule has 0 saturated heterocycles. The quantitative estimate of drug-likeness (QED) is 0.640. The standard InChI is InChI=1S/C25H31NO2/c1-2-28-25(27)16-19-13-11-18(12-14-19)15-21-17-24(20-7-4-3-5-8-20)26-23-10-6-9-22(21)23/h11-14,17,20H,2-10,15-16H2,1H3. The SMILES string of the molecule is CCOC(=O)Cc1ccc(Cc2cc(C3CCCCC3)nc3c2CCC3)cc1. The number of aromatic nitrogens is 1. The fourth-order valence-corrected chi connectivity index (χ4v) is 4.79. The monoisotopic (exact) mass is 377 g/mol. The van der Waals surface area contributed by atoms with Gasteiger partial charge in [-0.3, -0.25) is 9.78 Å². The minimum atomic E-state index is -0.153. The molecule has 0 bridgehead atoms. The topological polar surface area (TPSA) is 39.2 Å². The molecule has 0 radical (unpaired) electrons. The lowest BCUT2D eigenvalue weighted by molar-refractivity contribution is -0.142. The first-order valence-corrected chi connectivity index (χ1v) is 11.0. The molecular weight excluding hydrogens is 346 g/mol. The highest BCUT2D eigenvalue weighted by molar-refractivity contribution is 5.72. The minimum absolute atomic E-state index is 0.153. The number of esters is 1. The lowest BCUT2D eigenvalue weighted by Crippen LogP contribution is -2.10. The third-order valence-electron chi connectivity index (χ3n) is 6.26. The zero-order valence-corrected chi connectivity index (χ0v) is 17.0. The molecule has 0 unspecified atom stereocenters. The normalized spacial score (nSPS) is 16.8. The van der Waals surface area contributed by atoms with Gasteiger partial charge in [-0.15, -0.1) is 0 Å². The number of fused-ring (bicyclic) bond motifs is 1. The maximum atomic E-state index is 11.7. The Kier molecular flexibility index (Phi) is 6.09. The van der Waals surface area contributed by atoms with Gasteiger partial charge in [-0.05, 0) is 73.8 Å². The largest absolute Gasteiger partial charge is 0.466 e. The smallest absolute Gasteiger partial charge is 0.310 e. The molecule has 2 aliphatic carbocycles. The maximum Gasteiger partial charge on any atom is 0.310 e. The maximum absolute atomic E-state index is 11.7. The molecule has 1 heterocycles. The van der Waals surface area contributed by atoms with Crippen molar-refractivity contribution in [2.45, 2.75) is 77.0 Å². The fourth-order valence-electron chi connectivity index (χ4n) is 4.79. The Balaban J connectivity index is 1.52. The molecule has 1 aromatic carbocycles. The van der Waals surface area contributed by atoms with Crippen molar-refractivity contribution in [3.05, 3.63) is 64.0 Å². The van der Waals surface area contributed by atoms with Gasteiger partial charge >= 0.3 is 5.97 Å². The summed E-state index contributed by atoms with van der Waals surface area (Å²) in [4.78, 5) is 16.8. The summed E-state index contributed by atoms with van der Waals surface area (Å²) in [5.41, 5.74) is 8.00. The van der Waals surface area contributed by atoms with E-state index >= 15 is 0 Å². The Hall–Kier alpha value is -2.16. The van der Waals surface area contributed by atoms with Crippen LogP contribution in [0.2, 0.25) is 0 Å². The first-order valence-electron chi connectivity index (χ1n) is 11.0. The van der Waals surface area contributed by atoms with Crippen LogP contribution in [0.25, 0.3) is 0 Å². The summed E-state index contributed by atoms with van der Waals surface area (Å²) >= 11 is 0. The molecule has 28 heavy (non-hydrogen) atoms. The molecule has 0 N–H and O–H groups in total. The number of hydrogen-bond acceptors (Lipinski definition) is 3. The van der Waals surface area contributed by atoms with Gasteiger partial charge in [0.15, 0.2) is 0 Å². The van der Waals surface area contributed by atoms with Crippen molar-refractivity contribution >= 4 is 5.97 Å². The van der Waals surface area contributed by atoms with Crippen molar-refractivity contribution in [3.8, 4) is 0 Å². The molecule has 1 fully saturated rings. The summed E-state index contributed by atoms with van der Waals surface area (Å²) in [5.74, 6) is 0.504. The number of carbonyl (C=O) groups excluding carboxylic acids is 1. The number of benzene rings is 1. The van der Waals surface area contributed by atoms with Crippen LogP contribution in [0.3, 0.4) is 0 Å². The summed E-state index contributed by atoms with van der Waals surface area (Å²) in [6.07, 6.45) is 11.5. The zero-order valence-electron chi connectivity index (χ0n) is 17.0. The van der Waals surface area contributed by atoms with Gasteiger partial charge in [-0.25, -0.2) is 0 Å². The molecule has 148 valence electrons. The number of aryl methyl sites for hydroxylation is 1. The molecule has 0 spiro atoms. The Morgan fingerprint density at radius 3 is 2.54 bits per heavy atom. The number of nitrogens with zero attached hydrogens (tertiary/aromatic N) is 1. The van der Waals surface area contributed by atoms with Crippen LogP contribution in [0.4, 0.5) is 0 Å². The van der Waals surface area contributed by atoms with Gasteiger partial charge in [0.2, 0.25) is 0 Å². The van der Waals surface area contributed by atoms with Crippen LogP contribution in [-0.2, 0) is 35.2 Å². The molecule has 2 aromatic rings. The molecule has 4 rings (SSSR count). The van der Waals surface area contributed by atoms with Gasteiger partial charge in [0.25, 0.3) is 0 Å². The molecule has 3 heteroatoms. The zero-order chi connectivity index (χ0) is 19.3. The van der Waals surface area contributed by atoms with Gasteiger partial charge in [0.1, 0.15) is 0 Å². The summed E-state index contributed by atoms with van der Waals surface area (Å²) in [6.45, 7) is 2.28. The van der Waals surface area contributed by atoms with Crippen molar-refractivity contribution in [1.82, 2.24) is 4.98 Å². The number of rotatable bonds is 6. The Labute approximate surface area is 168 Å². The molecule has 0 aliphatic heterocycles. The van der Waals surface area contributed by atoms with Crippen molar-refractivity contribution < 1.29 is 9.53 Å². The van der Waals surface area contributed by atoms with E-state index in [2.05, 4.69) is 30.3 Å². The number of hydrogen-bond donors (Lipinski definition) is 0. The second-order valence-electron chi connectivity index (χ2n) is 8.30. The molecular formula is C25H31NO2. The second kappa shape index (κ2) is 8.89. The predicted molar refractivity (Wildman–Crippen MR) is 112 cm³/mol. The average molecular weight is 378 g/mol. The highest BCUT2D eigenvalue weighted by atomic mass is 16.5. The van der Waals surface area contributed by atoms with Crippen LogP contribution in [0.5, 0.6) is 0 Å². The van der Waals surface area contributed by atoms with Crippen molar-refractivity contribution in [1.29, 1.82) is 0 Å². The van der Waals surface area contributed by atoms with E-state index in [1.807, 2.05) is 6.92 Å². The summed E-state index contributed by atoms with van der Waals surface area (Å²) < 4.78 is 5.05. The Morgan fingerprint density at radius 1 is 1.04 bits per heavy atom. The van der Waals surface area contributed by atoms with E-state index in [0.717, 1.165) is 18.4 Å². The molecule has 0 atom stereocenters. The van der Waals surface area contributed by atoms with E-state index in [1.165, 1.54) is 73.0 Å². The van der Waals surface area contributed by atoms with Crippen molar-refractivity contribution in [2.24, 2.45) is 0 Å². The van der Waals surface area contributed by atoms with Crippen molar-refractivity contribution in [2.75, 3.05) is 6.61 Å². The van der Waals surface area contributed by atoms with Gasteiger partial charge in [-0.1, -0.05) is 43.5 Å². The highest BCUT2D eigenvalue weighted by Crippen LogP contribution is 2.35. The lowest BCUT2D eigenvalue weighted by atomic mass is 9.85. The van der Waals surface area contributed by atoms with E-state index in [9.17, 15) is 4.79 Å². The average Bonchev–Trinajstić information content (AvgIpc) is 3.19. The predicted octanol–water partition coefficient (Wildman–Crippen LogP) is 5.31. The van der Waals surface area contributed by atoms with Gasteiger partial charge in [0, 0.05) is 17.3 Å². The highest BCUT2D eigenvalue weighted by Gasteiger charge is 2.23. The molecule has 3 nitrogen and oxygen atoms in total. The summed E-state index contributed by atoms with van der Waals surface area (Å²) in [5, 5.41) is 0. The van der Waals surface area contributed by atoms with Gasteiger partial charge in [-0.2, -0.15) is 0 Å². The third kappa shape index (κ3) is 4.45. The first kappa shape index (κ1) is 19.2. The number of ether oxygens (including phenoxy) is 1. The molecule has 1 aromatic heterocycles. The molecule has 0 amide bonds. The van der Waals surface area contributed by atoms with E-state index in [1.54, 1.807) is 0 Å². The lowest BCUT2D eigenvalue weighted by Gasteiger charge is -2.23. The Morgan fingerprint density at radius 2 is 1.79 bits per heavy atom. The van der Waals surface area contributed by atoms with Crippen molar-refractivity contribution in [3.63, 3.8) is 0 Å². The van der Waals surface area contributed by atoms with Gasteiger partial charge < -0.3 is 4.74 Å². The third-order valence-corrected chi connectivity index (χ3v) is 6.26.